The normalized spacial score (nSPS) is 20.2. The predicted octanol–water partition coefficient (Wildman–Crippen LogP) is 3.36. The second kappa shape index (κ2) is 10.2. The molecule has 1 aromatic carbocycles. The quantitative estimate of drug-likeness (QED) is 0.745. The number of urea groups is 1. The lowest BCUT2D eigenvalue weighted by Gasteiger charge is -2.39. The largest absolute Gasteiger partial charge is 0.481 e. The van der Waals surface area contributed by atoms with Gasteiger partial charge in [0, 0.05) is 25.2 Å². The van der Waals surface area contributed by atoms with E-state index in [1.807, 2.05) is 35.2 Å². The van der Waals surface area contributed by atoms with Crippen molar-refractivity contribution < 1.29 is 14.7 Å². The summed E-state index contributed by atoms with van der Waals surface area (Å²) in [5, 5.41) is 12.2. The first-order valence-corrected chi connectivity index (χ1v) is 9.58. The van der Waals surface area contributed by atoms with E-state index >= 15 is 0 Å². The lowest BCUT2D eigenvalue weighted by atomic mass is 9.81. The van der Waals surface area contributed by atoms with Crippen LogP contribution in [0.5, 0.6) is 0 Å². The Balaban J connectivity index is 1.98. The molecule has 2 rings (SSSR count). The topological polar surface area (TPSA) is 72.9 Å². The number of carboxylic acid groups (broad SMARTS) is 1. The molecule has 1 aliphatic heterocycles. The molecule has 1 fully saturated rings. The molecular formula is C20H31N3O3. The molecule has 2 N–H and O–H groups in total. The molecule has 1 aliphatic rings. The van der Waals surface area contributed by atoms with E-state index in [0.717, 1.165) is 38.2 Å². The molecule has 6 heteroatoms. The van der Waals surface area contributed by atoms with Crippen LogP contribution in [-0.4, -0.2) is 59.6 Å². The smallest absolute Gasteiger partial charge is 0.321 e. The Labute approximate surface area is 156 Å². The monoisotopic (exact) mass is 361 g/mol. The molecule has 26 heavy (non-hydrogen) atoms. The van der Waals surface area contributed by atoms with Crippen LogP contribution in [0.2, 0.25) is 0 Å². The molecule has 0 bridgehead atoms. The number of piperidine rings is 1. The van der Waals surface area contributed by atoms with E-state index in [0.29, 0.717) is 13.1 Å². The molecule has 2 atom stereocenters. The van der Waals surface area contributed by atoms with Gasteiger partial charge in [-0.1, -0.05) is 32.0 Å². The van der Waals surface area contributed by atoms with Crippen molar-refractivity contribution in [3.8, 4) is 0 Å². The molecule has 1 heterocycles. The van der Waals surface area contributed by atoms with E-state index in [4.69, 9.17) is 0 Å². The van der Waals surface area contributed by atoms with E-state index in [-0.39, 0.29) is 24.3 Å². The minimum atomic E-state index is -0.745. The van der Waals surface area contributed by atoms with Gasteiger partial charge in [-0.2, -0.15) is 0 Å². The highest BCUT2D eigenvalue weighted by molar-refractivity contribution is 5.89. The van der Waals surface area contributed by atoms with Gasteiger partial charge in [0.2, 0.25) is 0 Å². The third-order valence-corrected chi connectivity index (χ3v) is 5.35. The maximum Gasteiger partial charge on any atom is 0.321 e. The standard InChI is InChI=1S/C20H31N3O3/c1-3-22(4-2)12-10-17-15-23(13-11-16(17)14-19(24)25)20(26)21-18-8-6-5-7-9-18/h5-9,16-17H,3-4,10-15H2,1-2H3,(H,21,26)(H,24,25)/t16-,17+/m0/s1. The lowest BCUT2D eigenvalue weighted by molar-refractivity contribution is -0.139. The number of carbonyl (C=O) groups excluding carboxylic acids is 1. The fraction of sp³-hybridized carbons (Fsp3) is 0.600. The fourth-order valence-electron chi connectivity index (χ4n) is 3.70. The summed E-state index contributed by atoms with van der Waals surface area (Å²) in [5.41, 5.74) is 0.782. The summed E-state index contributed by atoms with van der Waals surface area (Å²) in [6.07, 6.45) is 1.86. The van der Waals surface area contributed by atoms with Gasteiger partial charge in [-0.25, -0.2) is 4.79 Å². The van der Waals surface area contributed by atoms with Gasteiger partial charge >= 0.3 is 12.0 Å². The van der Waals surface area contributed by atoms with Crippen LogP contribution < -0.4 is 5.32 Å². The molecule has 2 amide bonds. The molecule has 0 saturated carbocycles. The Morgan fingerprint density at radius 3 is 2.50 bits per heavy atom. The van der Waals surface area contributed by atoms with Gasteiger partial charge in [-0.05, 0) is 56.4 Å². The van der Waals surface area contributed by atoms with Crippen LogP contribution in [0, 0.1) is 11.8 Å². The third-order valence-electron chi connectivity index (χ3n) is 5.35. The molecule has 0 radical (unpaired) electrons. The number of aliphatic carboxylic acids is 1. The van der Waals surface area contributed by atoms with Crippen LogP contribution >= 0.6 is 0 Å². The maximum absolute atomic E-state index is 12.6. The number of hydrogen-bond acceptors (Lipinski definition) is 3. The Kier molecular flexibility index (Phi) is 7.91. The highest BCUT2D eigenvalue weighted by Gasteiger charge is 2.32. The number of rotatable bonds is 8. The van der Waals surface area contributed by atoms with Crippen LogP contribution in [0.15, 0.2) is 30.3 Å². The van der Waals surface area contributed by atoms with Crippen molar-refractivity contribution in [3.63, 3.8) is 0 Å². The Hall–Kier alpha value is -2.08. The van der Waals surface area contributed by atoms with Gasteiger partial charge in [0.25, 0.3) is 0 Å². The van der Waals surface area contributed by atoms with Crippen molar-refractivity contribution in [2.24, 2.45) is 11.8 Å². The molecule has 0 unspecified atom stereocenters. The lowest BCUT2D eigenvalue weighted by Crippen LogP contribution is -2.46. The van der Waals surface area contributed by atoms with E-state index in [9.17, 15) is 14.7 Å². The first kappa shape index (κ1) is 20.2. The van der Waals surface area contributed by atoms with Gasteiger partial charge in [0.05, 0.1) is 0 Å². The summed E-state index contributed by atoms with van der Waals surface area (Å²) >= 11 is 0. The van der Waals surface area contributed by atoms with E-state index in [2.05, 4.69) is 24.1 Å². The summed E-state index contributed by atoms with van der Waals surface area (Å²) in [7, 11) is 0. The van der Waals surface area contributed by atoms with E-state index in [1.54, 1.807) is 0 Å². The average Bonchev–Trinajstić information content (AvgIpc) is 2.64. The van der Waals surface area contributed by atoms with Crippen molar-refractivity contribution >= 4 is 17.7 Å². The SMILES string of the molecule is CCN(CC)CC[C@@H]1CN(C(=O)Nc2ccccc2)CC[C@H]1CC(=O)O. The fourth-order valence-corrected chi connectivity index (χ4v) is 3.70. The first-order chi connectivity index (χ1) is 12.5. The molecular weight excluding hydrogens is 330 g/mol. The number of anilines is 1. The van der Waals surface area contributed by atoms with Crippen LogP contribution in [0.4, 0.5) is 10.5 Å². The number of nitrogens with zero attached hydrogens (tertiary/aromatic N) is 2. The van der Waals surface area contributed by atoms with Crippen LogP contribution in [0.3, 0.4) is 0 Å². The summed E-state index contributed by atoms with van der Waals surface area (Å²) < 4.78 is 0. The molecule has 0 spiro atoms. The van der Waals surface area contributed by atoms with Gasteiger partial charge in [-0.3, -0.25) is 4.79 Å². The number of likely N-dealkylation sites (tertiary alicyclic amines) is 1. The van der Waals surface area contributed by atoms with Crippen molar-refractivity contribution in [2.75, 3.05) is 38.0 Å². The Bertz CT molecular complexity index is 575. The zero-order chi connectivity index (χ0) is 18.9. The molecule has 1 aromatic rings. The van der Waals surface area contributed by atoms with Crippen molar-refractivity contribution in [2.45, 2.75) is 33.1 Å². The molecule has 0 aliphatic carbocycles. The number of hydrogen-bond donors (Lipinski definition) is 2. The van der Waals surface area contributed by atoms with Crippen LogP contribution in [-0.2, 0) is 4.79 Å². The minimum absolute atomic E-state index is 0.0992. The third kappa shape index (κ3) is 6.02. The Morgan fingerprint density at radius 1 is 1.19 bits per heavy atom. The van der Waals surface area contributed by atoms with Crippen molar-refractivity contribution in [1.29, 1.82) is 0 Å². The summed E-state index contributed by atoms with van der Waals surface area (Å²) in [5.74, 6) is -0.379. The zero-order valence-electron chi connectivity index (χ0n) is 15.9. The van der Waals surface area contributed by atoms with E-state index in [1.165, 1.54) is 0 Å². The maximum atomic E-state index is 12.6. The second-order valence-electron chi connectivity index (χ2n) is 6.96. The highest BCUT2D eigenvalue weighted by atomic mass is 16.4. The number of amides is 2. The van der Waals surface area contributed by atoms with Crippen molar-refractivity contribution in [1.82, 2.24) is 9.80 Å². The zero-order valence-corrected chi connectivity index (χ0v) is 15.9. The number of nitrogens with one attached hydrogen (secondary N) is 1. The molecule has 6 nitrogen and oxygen atoms in total. The number of para-hydroxylation sites is 1. The first-order valence-electron chi connectivity index (χ1n) is 9.58. The number of carbonyl (C=O) groups is 2. The second-order valence-corrected chi connectivity index (χ2v) is 6.96. The molecule has 0 aromatic heterocycles. The van der Waals surface area contributed by atoms with Crippen molar-refractivity contribution in [3.05, 3.63) is 30.3 Å². The summed E-state index contributed by atoms with van der Waals surface area (Å²) in [6, 6.07) is 9.33. The van der Waals surface area contributed by atoms with Crippen LogP contribution in [0.1, 0.15) is 33.1 Å². The molecule has 1 saturated heterocycles. The van der Waals surface area contributed by atoms with Gasteiger partial charge < -0.3 is 20.2 Å². The van der Waals surface area contributed by atoms with Crippen LogP contribution in [0.25, 0.3) is 0 Å². The Morgan fingerprint density at radius 2 is 1.88 bits per heavy atom. The molecule has 144 valence electrons. The van der Waals surface area contributed by atoms with Gasteiger partial charge in [0.1, 0.15) is 0 Å². The number of carboxylic acids is 1. The summed E-state index contributed by atoms with van der Waals surface area (Å²) in [4.78, 5) is 28.0. The van der Waals surface area contributed by atoms with Gasteiger partial charge in [0.15, 0.2) is 0 Å². The highest BCUT2D eigenvalue weighted by Crippen LogP contribution is 2.30. The number of benzene rings is 1. The summed E-state index contributed by atoms with van der Waals surface area (Å²) in [6.45, 7) is 8.44. The van der Waals surface area contributed by atoms with E-state index < -0.39 is 5.97 Å². The average molecular weight is 361 g/mol. The predicted molar refractivity (Wildman–Crippen MR) is 103 cm³/mol. The van der Waals surface area contributed by atoms with Gasteiger partial charge in [-0.15, -0.1) is 0 Å². The minimum Gasteiger partial charge on any atom is -0.481 e.